The molecule has 0 saturated heterocycles. The summed E-state index contributed by atoms with van der Waals surface area (Å²) in [7, 11) is 0. The quantitative estimate of drug-likeness (QED) is 0.179. The number of aliphatic hydroxyl groups excluding tert-OH is 1. The van der Waals surface area contributed by atoms with E-state index >= 15 is 0 Å². The van der Waals surface area contributed by atoms with Gasteiger partial charge in [-0.2, -0.15) is 0 Å². The molecule has 0 amide bonds. The Balaban J connectivity index is 4.06. The van der Waals surface area contributed by atoms with Crippen LogP contribution in [0.25, 0.3) is 0 Å². The van der Waals surface area contributed by atoms with Gasteiger partial charge in [0.1, 0.15) is 6.10 Å². The molecule has 2 N–H and O–H groups in total. The molecule has 26 heavy (non-hydrogen) atoms. The molecule has 0 aliphatic heterocycles. The third-order valence-electron chi connectivity index (χ3n) is 3.98. The van der Waals surface area contributed by atoms with Crippen LogP contribution in [0.15, 0.2) is 36.5 Å². The van der Waals surface area contributed by atoms with E-state index in [0.717, 1.165) is 32.1 Å². The number of carboxylic acid groups (broad SMARTS) is 1. The number of hydrogen-bond acceptors (Lipinski definition) is 4. The molecule has 2 unspecified atom stereocenters. The molecule has 0 bridgehead atoms. The summed E-state index contributed by atoms with van der Waals surface area (Å²) in [5.74, 6) is -0.788. The minimum atomic E-state index is -0.999. The molecule has 2 atom stereocenters. The highest BCUT2D eigenvalue weighted by atomic mass is 16.6. The summed E-state index contributed by atoms with van der Waals surface area (Å²) in [4.78, 5) is 21.1. The van der Waals surface area contributed by atoms with Gasteiger partial charge in [0.25, 0.3) is 0 Å². The van der Waals surface area contributed by atoms with Crippen LogP contribution < -0.4 is 0 Å². The lowest BCUT2D eigenvalue weighted by atomic mass is 10.0. The van der Waals surface area contributed by atoms with Crippen molar-refractivity contribution >= 4 is 5.97 Å². The van der Waals surface area contributed by atoms with Gasteiger partial charge in [-0.3, -0.25) is 14.9 Å². The first-order valence-corrected chi connectivity index (χ1v) is 9.47. The van der Waals surface area contributed by atoms with Crippen LogP contribution in [0.3, 0.4) is 0 Å². The number of aliphatic carboxylic acids is 1. The van der Waals surface area contributed by atoms with Gasteiger partial charge in [-0.25, -0.2) is 0 Å². The molecule has 0 radical (unpaired) electrons. The van der Waals surface area contributed by atoms with Crippen LogP contribution in [0.1, 0.15) is 71.1 Å². The number of allylic oxidation sites excluding steroid dienone is 4. The van der Waals surface area contributed by atoms with Gasteiger partial charge >= 0.3 is 5.97 Å². The van der Waals surface area contributed by atoms with Crippen molar-refractivity contribution in [2.75, 3.05) is 0 Å². The van der Waals surface area contributed by atoms with Gasteiger partial charge in [-0.1, -0.05) is 56.2 Å². The molecule has 0 aliphatic rings. The van der Waals surface area contributed by atoms with Gasteiger partial charge < -0.3 is 10.2 Å². The number of aliphatic hydroxyl groups is 1. The van der Waals surface area contributed by atoms with Crippen molar-refractivity contribution in [3.8, 4) is 0 Å². The molecule has 0 aromatic heterocycles. The Morgan fingerprint density at radius 3 is 2.27 bits per heavy atom. The largest absolute Gasteiger partial charge is 0.481 e. The van der Waals surface area contributed by atoms with Crippen molar-refractivity contribution in [1.29, 1.82) is 0 Å². The average molecular weight is 367 g/mol. The molecule has 6 nitrogen and oxygen atoms in total. The Hall–Kier alpha value is -1.95. The monoisotopic (exact) mass is 367 g/mol. The molecule has 0 aromatic rings. The first kappa shape index (κ1) is 24.1. The van der Waals surface area contributed by atoms with Crippen LogP contribution in [-0.4, -0.2) is 33.3 Å². The number of nitro groups is 1. The summed E-state index contributed by atoms with van der Waals surface area (Å²) in [6, 6.07) is -0.978. The zero-order valence-corrected chi connectivity index (χ0v) is 15.8. The Morgan fingerprint density at radius 1 is 1.00 bits per heavy atom. The number of rotatable bonds is 16. The third-order valence-corrected chi connectivity index (χ3v) is 3.98. The Morgan fingerprint density at radius 2 is 1.62 bits per heavy atom. The minimum Gasteiger partial charge on any atom is -0.481 e. The van der Waals surface area contributed by atoms with E-state index in [1.807, 2.05) is 24.3 Å². The molecule has 0 aliphatic carbocycles. The first-order chi connectivity index (χ1) is 12.5. The maximum Gasteiger partial charge on any atom is 0.303 e. The molecular formula is C20H33NO5. The Labute approximate surface area is 156 Å². The maximum absolute atomic E-state index is 11.1. The molecular weight excluding hydrogens is 334 g/mol. The van der Waals surface area contributed by atoms with E-state index in [-0.39, 0.29) is 19.3 Å². The van der Waals surface area contributed by atoms with Crippen LogP contribution in [0.5, 0.6) is 0 Å². The van der Waals surface area contributed by atoms with Gasteiger partial charge in [0.2, 0.25) is 6.04 Å². The lowest BCUT2D eigenvalue weighted by Crippen LogP contribution is -2.32. The van der Waals surface area contributed by atoms with Crippen molar-refractivity contribution in [1.82, 2.24) is 0 Å². The number of unbranched alkanes of at least 4 members (excludes halogenated alkanes) is 4. The van der Waals surface area contributed by atoms with Crippen molar-refractivity contribution in [2.45, 2.75) is 83.3 Å². The van der Waals surface area contributed by atoms with Crippen molar-refractivity contribution in [3.63, 3.8) is 0 Å². The maximum atomic E-state index is 11.1. The second-order valence-electron chi connectivity index (χ2n) is 6.32. The predicted molar refractivity (Wildman–Crippen MR) is 104 cm³/mol. The van der Waals surface area contributed by atoms with Crippen molar-refractivity contribution < 1.29 is 19.9 Å². The second-order valence-corrected chi connectivity index (χ2v) is 6.32. The standard InChI is InChI=1S/C20H33NO5/c1-2-3-4-5-9-12-15-18(21(25)26)19(22)16-13-10-7-6-8-11-14-17-20(23)24/h6,8-10,12-13,18-19,22H,2-5,7,11,14-17H2,1H3,(H,23,24)/b8-6-,12-9-,13-10-. The number of carboxylic acids is 1. The highest BCUT2D eigenvalue weighted by Gasteiger charge is 2.27. The fraction of sp³-hybridized carbons (Fsp3) is 0.650. The van der Waals surface area contributed by atoms with Crippen LogP contribution in [0.2, 0.25) is 0 Å². The number of hydrogen-bond donors (Lipinski definition) is 2. The molecule has 6 heteroatoms. The molecule has 0 fully saturated rings. The fourth-order valence-electron chi connectivity index (χ4n) is 2.40. The fourth-order valence-corrected chi connectivity index (χ4v) is 2.40. The molecule has 0 rings (SSSR count). The van der Waals surface area contributed by atoms with Crippen LogP contribution in [0.4, 0.5) is 0 Å². The van der Waals surface area contributed by atoms with E-state index in [1.54, 1.807) is 12.2 Å². The van der Waals surface area contributed by atoms with E-state index in [0.29, 0.717) is 12.8 Å². The minimum absolute atomic E-state index is 0.168. The van der Waals surface area contributed by atoms with Crippen molar-refractivity contribution in [2.24, 2.45) is 0 Å². The second kappa shape index (κ2) is 16.5. The molecule has 0 heterocycles. The number of nitrogens with zero attached hydrogens (tertiary/aromatic N) is 1. The molecule has 148 valence electrons. The lowest BCUT2D eigenvalue weighted by molar-refractivity contribution is -0.533. The van der Waals surface area contributed by atoms with E-state index in [1.165, 1.54) is 0 Å². The average Bonchev–Trinajstić information content (AvgIpc) is 2.58. The SMILES string of the molecule is CCCCC/C=C\CC(C(O)C/C=C\C/C=C\CCCC(=O)O)[N+](=O)[O-]. The number of carbonyl (C=O) groups is 1. The Bertz CT molecular complexity index is 471. The van der Waals surface area contributed by atoms with Gasteiger partial charge in [0.05, 0.1) is 0 Å². The zero-order valence-electron chi connectivity index (χ0n) is 15.8. The summed E-state index contributed by atoms with van der Waals surface area (Å²) in [5, 5.41) is 29.7. The Kier molecular flexibility index (Phi) is 15.3. The summed E-state index contributed by atoms with van der Waals surface area (Å²) >= 11 is 0. The molecule has 0 aromatic carbocycles. The smallest absolute Gasteiger partial charge is 0.303 e. The van der Waals surface area contributed by atoms with Crippen LogP contribution in [0, 0.1) is 10.1 Å². The van der Waals surface area contributed by atoms with Gasteiger partial charge in [0, 0.05) is 17.8 Å². The normalized spacial score (nSPS) is 14.4. The summed E-state index contributed by atoms with van der Waals surface area (Å²) in [5.41, 5.74) is 0. The molecule has 0 saturated carbocycles. The summed E-state index contributed by atoms with van der Waals surface area (Å²) in [6.45, 7) is 2.13. The van der Waals surface area contributed by atoms with Crippen LogP contribution in [-0.2, 0) is 4.79 Å². The van der Waals surface area contributed by atoms with Gasteiger partial charge in [-0.05, 0) is 38.5 Å². The predicted octanol–water partition coefficient (Wildman–Crippen LogP) is 4.67. The lowest BCUT2D eigenvalue weighted by Gasteiger charge is -2.12. The van der Waals surface area contributed by atoms with E-state index in [9.17, 15) is 20.0 Å². The van der Waals surface area contributed by atoms with E-state index in [2.05, 4.69) is 6.92 Å². The molecule has 0 spiro atoms. The van der Waals surface area contributed by atoms with Gasteiger partial charge in [-0.15, -0.1) is 0 Å². The summed E-state index contributed by atoms with van der Waals surface area (Å²) < 4.78 is 0. The first-order valence-electron chi connectivity index (χ1n) is 9.47. The van der Waals surface area contributed by atoms with E-state index in [4.69, 9.17) is 5.11 Å². The highest BCUT2D eigenvalue weighted by molar-refractivity contribution is 5.66. The van der Waals surface area contributed by atoms with Gasteiger partial charge in [0.15, 0.2) is 0 Å². The topological polar surface area (TPSA) is 101 Å². The summed E-state index contributed by atoms with van der Waals surface area (Å²) in [6.07, 6.45) is 17.2. The third kappa shape index (κ3) is 14.4. The van der Waals surface area contributed by atoms with Crippen molar-refractivity contribution in [3.05, 3.63) is 46.6 Å². The van der Waals surface area contributed by atoms with E-state index < -0.39 is 23.0 Å². The van der Waals surface area contributed by atoms with Crippen LogP contribution >= 0.6 is 0 Å². The highest BCUT2D eigenvalue weighted by Crippen LogP contribution is 2.10. The zero-order chi connectivity index (χ0) is 19.6.